The topological polar surface area (TPSA) is 97.0 Å². The van der Waals surface area contributed by atoms with E-state index in [-0.39, 0.29) is 36.0 Å². The molecule has 3 rings (SSSR count). The van der Waals surface area contributed by atoms with Gasteiger partial charge in [0.05, 0.1) is 30.0 Å². The maximum atomic E-state index is 12.9. The lowest BCUT2D eigenvalue weighted by Crippen LogP contribution is -2.47. The van der Waals surface area contributed by atoms with Crippen molar-refractivity contribution >= 4 is 11.8 Å². The molecular weight excluding hydrogens is 397 g/mol. The van der Waals surface area contributed by atoms with Gasteiger partial charge in [0.2, 0.25) is 11.8 Å². The van der Waals surface area contributed by atoms with Crippen LogP contribution in [0, 0.1) is 34.0 Å². The molecule has 0 bridgehead atoms. The number of amides is 2. The molecule has 1 aliphatic carbocycles. The van der Waals surface area contributed by atoms with Crippen LogP contribution in [0.3, 0.4) is 0 Å². The zero-order chi connectivity index (χ0) is 21.9. The maximum absolute atomic E-state index is 12.9. The summed E-state index contributed by atoms with van der Waals surface area (Å²) in [6.45, 7) is 0.608. The molecule has 2 amide bonds. The second-order valence-corrected chi connectivity index (χ2v) is 7.89. The molecule has 1 saturated heterocycles. The molecule has 6 nitrogen and oxygen atoms in total. The first-order valence-electron chi connectivity index (χ1n) is 9.74. The molecule has 1 atom stereocenters. The lowest BCUT2D eigenvalue weighted by molar-refractivity contribution is -0.138. The van der Waals surface area contributed by atoms with Gasteiger partial charge in [-0.05, 0) is 48.9 Å². The monoisotopic (exact) mass is 418 g/mol. The second kappa shape index (κ2) is 8.35. The molecule has 1 aromatic carbocycles. The molecule has 158 valence electrons. The largest absolute Gasteiger partial charge is 0.393 e. The zero-order valence-corrected chi connectivity index (χ0v) is 16.3. The molecule has 0 radical (unpaired) electrons. The number of benzene rings is 1. The predicted molar refractivity (Wildman–Crippen MR) is 99.3 cm³/mol. The van der Waals surface area contributed by atoms with Gasteiger partial charge in [-0.3, -0.25) is 9.59 Å². The number of likely N-dealkylation sites (tertiary alicyclic amines) is 1. The highest BCUT2D eigenvalue weighted by Gasteiger charge is 2.53. The highest BCUT2D eigenvalue weighted by molar-refractivity contribution is 5.89. The Kier molecular flexibility index (Phi) is 6.02. The number of carbonyl (C=O) groups is 2. The Bertz CT molecular complexity index is 926. The van der Waals surface area contributed by atoms with Crippen molar-refractivity contribution in [1.82, 2.24) is 10.2 Å². The molecule has 0 spiro atoms. The van der Waals surface area contributed by atoms with Crippen LogP contribution in [0.15, 0.2) is 18.2 Å². The van der Waals surface area contributed by atoms with Gasteiger partial charge in [0, 0.05) is 19.6 Å². The Morgan fingerprint density at radius 3 is 2.57 bits per heavy atom. The van der Waals surface area contributed by atoms with E-state index in [4.69, 9.17) is 5.26 Å². The molecule has 1 saturated carbocycles. The number of nitrogens with one attached hydrogen (secondary N) is 1. The van der Waals surface area contributed by atoms with E-state index in [0.29, 0.717) is 37.8 Å². The summed E-state index contributed by atoms with van der Waals surface area (Å²) in [4.78, 5) is 26.7. The van der Waals surface area contributed by atoms with Crippen molar-refractivity contribution in [3.8, 4) is 12.1 Å². The third-order valence-electron chi connectivity index (χ3n) is 5.63. The van der Waals surface area contributed by atoms with E-state index in [0.717, 1.165) is 0 Å². The van der Waals surface area contributed by atoms with Gasteiger partial charge in [0.15, 0.2) is 0 Å². The number of hydrogen-bond acceptors (Lipinski definition) is 4. The molecule has 30 heavy (non-hydrogen) atoms. The van der Waals surface area contributed by atoms with Crippen molar-refractivity contribution in [2.75, 3.05) is 13.1 Å². The summed E-state index contributed by atoms with van der Waals surface area (Å²) in [5.41, 5.74) is -0.568. The molecule has 9 heteroatoms. The molecular formula is C21H21F3N4O2. The fourth-order valence-electron chi connectivity index (χ4n) is 3.75. The van der Waals surface area contributed by atoms with Crippen LogP contribution in [0.2, 0.25) is 0 Å². The minimum atomic E-state index is -4.43. The normalized spacial score (nSPS) is 20.0. The lowest BCUT2D eigenvalue weighted by atomic mass is 9.95. The van der Waals surface area contributed by atoms with Gasteiger partial charge >= 0.3 is 6.18 Å². The summed E-state index contributed by atoms with van der Waals surface area (Å²) in [6, 6.07) is 7.91. The summed E-state index contributed by atoms with van der Waals surface area (Å²) in [7, 11) is 0. The van der Waals surface area contributed by atoms with Crippen LogP contribution in [0.5, 0.6) is 0 Å². The van der Waals surface area contributed by atoms with Gasteiger partial charge in [0.25, 0.3) is 0 Å². The quantitative estimate of drug-likeness (QED) is 0.795. The van der Waals surface area contributed by atoms with Crippen molar-refractivity contribution in [2.24, 2.45) is 11.3 Å². The van der Waals surface area contributed by atoms with Crippen LogP contribution in [-0.4, -0.2) is 36.0 Å². The molecule has 1 aromatic rings. The molecule has 0 aromatic heterocycles. The second-order valence-electron chi connectivity index (χ2n) is 7.89. The number of rotatable bonds is 5. The van der Waals surface area contributed by atoms with Gasteiger partial charge in [-0.25, -0.2) is 0 Å². The third kappa shape index (κ3) is 4.91. The van der Waals surface area contributed by atoms with Crippen LogP contribution < -0.4 is 5.32 Å². The maximum Gasteiger partial charge on any atom is 0.393 e. The average molecular weight is 418 g/mol. The fraction of sp³-hybridized carbons (Fsp3) is 0.524. The zero-order valence-electron chi connectivity index (χ0n) is 16.3. The average Bonchev–Trinajstić information content (AvgIpc) is 3.52. The molecule has 1 aliphatic heterocycles. The summed E-state index contributed by atoms with van der Waals surface area (Å²) in [5.74, 6) is -1.04. The molecule has 1 heterocycles. The predicted octanol–water partition coefficient (Wildman–Crippen LogP) is 2.82. The Hall–Kier alpha value is -3.07. The van der Waals surface area contributed by atoms with E-state index in [1.165, 1.54) is 18.2 Å². The summed E-state index contributed by atoms with van der Waals surface area (Å²) >= 11 is 0. The van der Waals surface area contributed by atoms with Gasteiger partial charge in [0.1, 0.15) is 5.41 Å². The molecule has 1 N–H and O–H groups in total. The SMILES string of the molecule is N#Cc1ccc(CNC(=O)[C@@H]2CCCN(C(=O)C3(C#N)CC3)C2)c(CC(F)(F)F)c1. The van der Waals surface area contributed by atoms with Crippen LogP contribution in [0.25, 0.3) is 0 Å². The van der Waals surface area contributed by atoms with E-state index in [9.17, 15) is 28.0 Å². The number of carbonyl (C=O) groups excluding carboxylic acids is 2. The Labute approximate surface area is 172 Å². The summed E-state index contributed by atoms with van der Waals surface area (Å²) in [5, 5.41) is 20.8. The van der Waals surface area contributed by atoms with Crippen molar-refractivity contribution in [1.29, 1.82) is 10.5 Å². The Balaban J connectivity index is 1.63. The molecule has 0 unspecified atom stereocenters. The highest BCUT2D eigenvalue weighted by Crippen LogP contribution is 2.47. The number of piperidine rings is 1. The van der Waals surface area contributed by atoms with Crippen LogP contribution in [0.1, 0.15) is 42.4 Å². The summed E-state index contributed by atoms with van der Waals surface area (Å²) in [6.07, 6.45) is -3.35. The van der Waals surface area contributed by atoms with E-state index in [1.807, 2.05) is 6.07 Å². The van der Waals surface area contributed by atoms with Crippen molar-refractivity contribution < 1.29 is 22.8 Å². The number of hydrogen-bond donors (Lipinski definition) is 1. The van der Waals surface area contributed by atoms with E-state index in [1.54, 1.807) is 4.90 Å². The minimum absolute atomic E-state index is 0.0491. The Morgan fingerprint density at radius 2 is 1.97 bits per heavy atom. The van der Waals surface area contributed by atoms with Gasteiger partial charge in [-0.2, -0.15) is 23.7 Å². The van der Waals surface area contributed by atoms with E-state index in [2.05, 4.69) is 11.4 Å². The number of nitriles is 2. The van der Waals surface area contributed by atoms with Crippen molar-refractivity contribution in [3.05, 3.63) is 34.9 Å². The molecule has 2 aliphatic rings. The highest BCUT2D eigenvalue weighted by atomic mass is 19.4. The van der Waals surface area contributed by atoms with Crippen molar-refractivity contribution in [2.45, 2.75) is 44.8 Å². The van der Waals surface area contributed by atoms with Gasteiger partial charge in [-0.15, -0.1) is 0 Å². The third-order valence-corrected chi connectivity index (χ3v) is 5.63. The summed E-state index contributed by atoms with van der Waals surface area (Å²) < 4.78 is 38.6. The van der Waals surface area contributed by atoms with Crippen LogP contribution >= 0.6 is 0 Å². The first-order valence-corrected chi connectivity index (χ1v) is 9.74. The number of alkyl halides is 3. The fourth-order valence-corrected chi connectivity index (χ4v) is 3.75. The lowest BCUT2D eigenvalue weighted by Gasteiger charge is -2.33. The Morgan fingerprint density at radius 1 is 1.23 bits per heavy atom. The van der Waals surface area contributed by atoms with Crippen LogP contribution in [0.4, 0.5) is 13.2 Å². The van der Waals surface area contributed by atoms with Crippen LogP contribution in [-0.2, 0) is 22.6 Å². The molecule has 2 fully saturated rings. The first kappa shape index (κ1) is 21.6. The van der Waals surface area contributed by atoms with Crippen molar-refractivity contribution in [3.63, 3.8) is 0 Å². The van der Waals surface area contributed by atoms with Gasteiger partial charge in [-0.1, -0.05) is 6.07 Å². The first-order chi connectivity index (χ1) is 14.2. The van der Waals surface area contributed by atoms with E-state index >= 15 is 0 Å². The number of halogens is 3. The smallest absolute Gasteiger partial charge is 0.352 e. The minimum Gasteiger partial charge on any atom is -0.352 e. The van der Waals surface area contributed by atoms with E-state index < -0.39 is 23.9 Å². The number of nitrogens with zero attached hydrogens (tertiary/aromatic N) is 3. The van der Waals surface area contributed by atoms with Gasteiger partial charge < -0.3 is 10.2 Å². The standard InChI is InChI=1S/C21H21F3N4O2/c22-21(23,24)9-17-8-14(10-25)3-4-15(17)11-27-18(29)16-2-1-7-28(12-16)19(30)20(13-26)5-6-20/h3-4,8,16H,1-2,5-7,9,11-12H2,(H,27,29)/t16-/m1/s1.